The Morgan fingerprint density at radius 3 is 1.35 bits per heavy atom. The standard InChI is InChI=1S/2C7H9.2ClH.V/c2*1-6-3-4-7(2)5-6;;;/h2*3H,4H2,1-2H3;2*1H;/q;;;;+2/p-2. The monoisotopic (exact) mass is 307 g/mol. The number of hydrogen-bond donors (Lipinski definition) is 0. The van der Waals surface area contributed by atoms with Gasteiger partial charge in [0.2, 0.25) is 0 Å². The maximum absolute atomic E-state index is 2.38. The summed E-state index contributed by atoms with van der Waals surface area (Å²) in [6.07, 6.45) is 7.13. The first-order chi connectivity index (χ1) is 7.09. The van der Waals surface area contributed by atoms with Crippen LogP contribution in [0.4, 0.5) is 0 Å². The van der Waals surface area contributed by atoms with Crippen LogP contribution in [0.2, 0.25) is 0 Å². The molecular formula is C14H18Cl2V. The molecule has 0 radical (unpaired) electrons. The third kappa shape index (κ3) is 3.54. The largest absolute Gasteiger partial charge is 1.00 e. The van der Waals surface area contributed by atoms with Crippen LogP contribution in [-0.2, 0) is 16.3 Å². The van der Waals surface area contributed by atoms with Crippen LogP contribution < -0.4 is 24.8 Å². The zero-order valence-corrected chi connectivity index (χ0v) is 13.7. The molecule has 0 atom stereocenters. The maximum Gasteiger partial charge on any atom is -1.00 e. The first kappa shape index (κ1) is 17.1. The third-order valence-electron chi connectivity index (χ3n) is 3.21. The van der Waals surface area contributed by atoms with E-state index in [2.05, 4.69) is 39.8 Å². The first-order valence-corrected chi connectivity index (χ1v) is 6.94. The van der Waals surface area contributed by atoms with Gasteiger partial charge in [0, 0.05) is 0 Å². The Kier molecular flexibility index (Phi) is 6.95. The van der Waals surface area contributed by atoms with Gasteiger partial charge in [-0.05, 0) is 0 Å². The van der Waals surface area contributed by atoms with Gasteiger partial charge in [0.1, 0.15) is 0 Å². The Labute approximate surface area is 124 Å². The summed E-state index contributed by atoms with van der Waals surface area (Å²) in [5.41, 5.74) is 6.28. The molecule has 0 saturated heterocycles. The van der Waals surface area contributed by atoms with Crippen LogP contribution >= 0.6 is 0 Å². The van der Waals surface area contributed by atoms with Gasteiger partial charge in [0.15, 0.2) is 0 Å². The molecule has 0 fully saturated rings. The molecule has 0 amide bonds. The van der Waals surface area contributed by atoms with E-state index < -0.39 is 0 Å². The van der Waals surface area contributed by atoms with Gasteiger partial charge >= 0.3 is 99.8 Å². The summed E-state index contributed by atoms with van der Waals surface area (Å²) >= 11 is 0.238. The number of hydrogen-bond acceptors (Lipinski definition) is 0. The quantitative estimate of drug-likeness (QED) is 0.572. The molecular weight excluding hydrogens is 290 g/mol. The van der Waals surface area contributed by atoms with Crippen molar-refractivity contribution in [3.05, 3.63) is 43.0 Å². The van der Waals surface area contributed by atoms with Crippen LogP contribution in [0.3, 0.4) is 0 Å². The summed E-state index contributed by atoms with van der Waals surface area (Å²) in [6.45, 7) is 9.13. The van der Waals surface area contributed by atoms with Crippen molar-refractivity contribution >= 4 is 0 Å². The van der Waals surface area contributed by atoms with Crippen molar-refractivity contribution in [3.8, 4) is 0 Å². The molecule has 0 aromatic rings. The zero-order chi connectivity index (χ0) is 11.0. The number of halogens is 2. The smallest absolute Gasteiger partial charge is 1.00 e. The van der Waals surface area contributed by atoms with Gasteiger partial charge in [0.05, 0.1) is 0 Å². The summed E-state index contributed by atoms with van der Waals surface area (Å²) in [7, 11) is 0. The van der Waals surface area contributed by atoms with Gasteiger partial charge in [-0.1, -0.05) is 0 Å². The SMILES string of the molecule is CC1=CCC(C)=[C]1[V+2][C]1=C(C)CC=C1C.[Cl-].[Cl-]. The Balaban J connectivity index is 0.00000128. The van der Waals surface area contributed by atoms with E-state index in [1.54, 1.807) is 19.7 Å². The van der Waals surface area contributed by atoms with Crippen molar-refractivity contribution < 1.29 is 41.1 Å². The summed E-state index contributed by atoms with van der Waals surface area (Å²) in [6, 6.07) is 0. The van der Waals surface area contributed by atoms with Crippen LogP contribution in [0.25, 0.3) is 0 Å². The topological polar surface area (TPSA) is 0 Å². The molecule has 93 valence electrons. The van der Waals surface area contributed by atoms with Crippen LogP contribution in [-0.4, -0.2) is 0 Å². The van der Waals surface area contributed by atoms with Crippen molar-refractivity contribution in [2.24, 2.45) is 0 Å². The molecule has 17 heavy (non-hydrogen) atoms. The molecule has 2 aliphatic carbocycles. The minimum Gasteiger partial charge on any atom is -1.00 e. The average Bonchev–Trinajstić information content (AvgIpc) is 2.67. The molecule has 0 N–H and O–H groups in total. The molecule has 0 aromatic carbocycles. The van der Waals surface area contributed by atoms with Gasteiger partial charge in [0.25, 0.3) is 0 Å². The van der Waals surface area contributed by atoms with Gasteiger partial charge < -0.3 is 24.8 Å². The molecule has 0 heterocycles. The molecule has 0 nitrogen and oxygen atoms in total. The molecule has 0 aliphatic heterocycles. The zero-order valence-electron chi connectivity index (χ0n) is 10.8. The van der Waals surface area contributed by atoms with Gasteiger partial charge in [-0.15, -0.1) is 0 Å². The molecule has 0 unspecified atom stereocenters. The van der Waals surface area contributed by atoms with E-state index in [9.17, 15) is 0 Å². The van der Waals surface area contributed by atoms with E-state index >= 15 is 0 Å². The predicted molar refractivity (Wildman–Crippen MR) is 62.1 cm³/mol. The summed E-state index contributed by atoms with van der Waals surface area (Å²) in [4.78, 5) is 0. The first-order valence-electron chi connectivity index (χ1n) is 5.55. The van der Waals surface area contributed by atoms with Crippen molar-refractivity contribution in [1.82, 2.24) is 0 Å². The fourth-order valence-corrected chi connectivity index (χ4v) is 4.22. The Morgan fingerprint density at radius 2 is 1.12 bits per heavy atom. The van der Waals surface area contributed by atoms with Crippen molar-refractivity contribution in [1.29, 1.82) is 0 Å². The molecule has 0 saturated carbocycles. The van der Waals surface area contributed by atoms with Crippen molar-refractivity contribution in [2.45, 2.75) is 40.5 Å². The van der Waals surface area contributed by atoms with Crippen LogP contribution in [0.5, 0.6) is 0 Å². The average molecular weight is 308 g/mol. The Bertz CT molecular complexity index is 386. The predicted octanol–water partition coefficient (Wildman–Crippen LogP) is -1.68. The molecule has 0 bridgehead atoms. The Hall–Kier alpha value is 0.124. The minimum atomic E-state index is 0. The second kappa shape index (κ2) is 6.90. The van der Waals surface area contributed by atoms with Gasteiger partial charge in [-0.2, -0.15) is 0 Å². The fraction of sp³-hybridized carbons (Fsp3) is 0.429. The second-order valence-corrected chi connectivity index (χ2v) is 6.30. The van der Waals surface area contributed by atoms with E-state index in [-0.39, 0.29) is 41.1 Å². The van der Waals surface area contributed by atoms with E-state index in [0.29, 0.717) is 0 Å². The van der Waals surface area contributed by atoms with Gasteiger partial charge in [-0.3, -0.25) is 0 Å². The molecule has 3 heteroatoms. The summed E-state index contributed by atoms with van der Waals surface area (Å²) < 4.78 is 3.35. The number of allylic oxidation sites excluding steroid dienone is 8. The minimum absolute atomic E-state index is 0. The van der Waals surface area contributed by atoms with Crippen molar-refractivity contribution in [2.75, 3.05) is 0 Å². The van der Waals surface area contributed by atoms with E-state index in [1.807, 2.05) is 0 Å². The number of rotatable bonds is 2. The van der Waals surface area contributed by atoms with E-state index in [4.69, 9.17) is 0 Å². The van der Waals surface area contributed by atoms with Crippen LogP contribution in [0.1, 0.15) is 40.5 Å². The van der Waals surface area contributed by atoms with Crippen LogP contribution in [0, 0.1) is 0 Å². The van der Waals surface area contributed by atoms with Crippen LogP contribution in [0.15, 0.2) is 43.0 Å². The second-order valence-electron chi connectivity index (χ2n) is 4.55. The third-order valence-corrected chi connectivity index (χ3v) is 6.20. The maximum atomic E-state index is 2.38. The molecule has 0 spiro atoms. The molecule has 0 aromatic heterocycles. The summed E-state index contributed by atoms with van der Waals surface area (Å²) in [5.74, 6) is 0. The normalized spacial score (nSPS) is 18.4. The Morgan fingerprint density at radius 1 is 0.765 bits per heavy atom. The van der Waals surface area contributed by atoms with Gasteiger partial charge in [-0.25, -0.2) is 0 Å². The molecule has 2 rings (SSSR count). The van der Waals surface area contributed by atoms with E-state index in [1.165, 1.54) is 24.0 Å². The molecule has 2 aliphatic rings. The van der Waals surface area contributed by atoms with E-state index in [0.717, 1.165) is 0 Å². The van der Waals surface area contributed by atoms with Crippen molar-refractivity contribution in [3.63, 3.8) is 0 Å². The fourth-order valence-electron chi connectivity index (χ4n) is 2.15. The summed E-state index contributed by atoms with van der Waals surface area (Å²) in [5, 5.41) is 0.